The van der Waals surface area contributed by atoms with E-state index in [2.05, 4.69) is 15.4 Å². The van der Waals surface area contributed by atoms with Crippen LogP contribution in [0.1, 0.15) is 61.3 Å². The van der Waals surface area contributed by atoms with Gasteiger partial charge in [-0.3, -0.25) is 4.79 Å². The summed E-state index contributed by atoms with van der Waals surface area (Å²) < 4.78 is 50.8. The first-order valence-corrected chi connectivity index (χ1v) is 11.0. The van der Waals surface area contributed by atoms with Crippen molar-refractivity contribution in [2.45, 2.75) is 33.9 Å². The fraction of sp³-hybridized carbons (Fsp3) is 0.350. The number of halogens is 4. The number of carbonyl (C=O) groups is 3. The monoisotopic (exact) mass is 518 g/mol. The van der Waals surface area contributed by atoms with Crippen molar-refractivity contribution in [2.75, 3.05) is 18.5 Å². The van der Waals surface area contributed by atoms with Crippen LogP contribution in [0, 0.1) is 13.8 Å². The van der Waals surface area contributed by atoms with E-state index in [1.807, 2.05) is 0 Å². The predicted octanol–water partition coefficient (Wildman–Crippen LogP) is 4.69. The summed E-state index contributed by atoms with van der Waals surface area (Å²) in [6, 6.07) is 0.769. The topological polar surface area (TPSA) is 112 Å². The lowest BCUT2D eigenvalue weighted by atomic mass is 10.1. The van der Waals surface area contributed by atoms with Gasteiger partial charge in [0.05, 0.1) is 18.8 Å². The maximum Gasteiger partial charge on any atom is 0.433 e. The van der Waals surface area contributed by atoms with Crippen LogP contribution in [0.3, 0.4) is 0 Å². The zero-order valence-corrected chi connectivity index (χ0v) is 19.9. The van der Waals surface area contributed by atoms with E-state index in [9.17, 15) is 27.6 Å². The number of nitrogens with one attached hydrogen (secondary N) is 1. The minimum atomic E-state index is -4.79. The van der Waals surface area contributed by atoms with Crippen molar-refractivity contribution in [3.63, 3.8) is 0 Å². The zero-order chi connectivity index (χ0) is 25.4. The number of aromatic nitrogens is 3. The zero-order valence-electron chi connectivity index (χ0n) is 18.3. The summed E-state index contributed by atoms with van der Waals surface area (Å²) in [4.78, 5) is 41.7. The smallest absolute Gasteiger partial charge is 0.433 e. The first-order chi connectivity index (χ1) is 15.9. The number of aryl methyl sites for hydroxylation is 1. The van der Waals surface area contributed by atoms with Crippen LogP contribution in [-0.2, 0) is 15.7 Å². The molecule has 0 radical (unpaired) electrons. The van der Waals surface area contributed by atoms with Gasteiger partial charge in [0.2, 0.25) is 0 Å². The first kappa shape index (κ1) is 25.4. The van der Waals surface area contributed by atoms with Crippen LogP contribution in [0.5, 0.6) is 0 Å². The second-order valence-electron chi connectivity index (χ2n) is 6.83. The van der Waals surface area contributed by atoms with Crippen molar-refractivity contribution in [3.05, 3.63) is 44.2 Å². The van der Waals surface area contributed by atoms with Crippen molar-refractivity contribution < 1.29 is 37.0 Å². The Kier molecular flexibility index (Phi) is 7.17. The summed E-state index contributed by atoms with van der Waals surface area (Å²) >= 11 is 6.91. The molecule has 3 aromatic heterocycles. The molecule has 3 heterocycles. The average molecular weight is 519 g/mol. The SMILES string of the molecule is CCOC(=O)c1sc(NC(=O)c2nn3c(C(F)(F)F)cc(C)nc3c2Cl)c(C(=O)OCC)c1C. The standard InChI is InChI=1S/C20H18ClF3N4O5S/c1-5-32-18(30)11-9(4)14(19(31)33-6-2)34-17(11)26-16(29)13-12(21)15-25-8(3)7-10(20(22,23)24)28(15)27-13/h7H,5-6H2,1-4H3,(H,26,29). The number of nitrogens with zero attached hydrogens (tertiary/aromatic N) is 3. The van der Waals surface area contributed by atoms with Crippen LogP contribution >= 0.6 is 22.9 Å². The number of amides is 1. The van der Waals surface area contributed by atoms with Gasteiger partial charge in [-0.1, -0.05) is 11.6 Å². The fourth-order valence-electron chi connectivity index (χ4n) is 3.06. The molecule has 0 atom stereocenters. The van der Waals surface area contributed by atoms with E-state index < -0.39 is 40.4 Å². The molecule has 1 N–H and O–H groups in total. The Labute approximate surface area is 199 Å². The van der Waals surface area contributed by atoms with Gasteiger partial charge in [-0.25, -0.2) is 19.1 Å². The molecule has 0 aromatic carbocycles. The average Bonchev–Trinajstić information content (AvgIpc) is 3.24. The quantitative estimate of drug-likeness (QED) is 0.471. The molecule has 0 aliphatic carbocycles. The highest BCUT2D eigenvalue weighted by molar-refractivity contribution is 7.18. The molecular weight excluding hydrogens is 501 g/mol. The van der Waals surface area contributed by atoms with Gasteiger partial charge in [0, 0.05) is 5.69 Å². The van der Waals surface area contributed by atoms with E-state index in [1.54, 1.807) is 13.8 Å². The highest BCUT2D eigenvalue weighted by Crippen LogP contribution is 2.36. The summed E-state index contributed by atoms with van der Waals surface area (Å²) in [7, 11) is 0. The van der Waals surface area contributed by atoms with Crippen molar-refractivity contribution in [3.8, 4) is 0 Å². The van der Waals surface area contributed by atoms with Crippen molar-refractivity contribution in [1.29, 1.82) is 0 Å². The van der Waals surface area contributed by atoms with Crippen LogP contribution in [-0.4, -0.2) is 45.7 Å². The van der Waals surface area contributed by atoms with E-state index in [1.165, 1.54) is 13.8 Å². The van der Waals surface area contributed by atoms with Gasteiger partial charge in [-0.05, 0) is 39.3 Å². The third kappa shape index (κ3) is 4.71. The summed E-state index contributed by atoms with van der Waals surface area (Å²) in [5.41, 5.74) is -1.93. The Bertz CT molecular complexity index is 1300. The first-order valence-electron chi connectivity index (χ1n) is 9.82. The molecule has 3 aromatic rings. The van der Waals surface area contributed by atoms with E-state index in [0.29, 0.717) is 4.52 Å². The second kappa shape index (κ2) is 9.58. The van der Waals surface area contributed by atoms with Crippen LogP contribution in [0.15, 0.2) is 6.07 Å². The predicted molar refractivity (Wildman–Crippen MR) is 117 cm³/mol. The van der Waals surface area contributed by atoms with Crippen molar-refractivity contribution >= 4 is 51.4 Å². The molecule has 9 nitrogen and oxygen atoms in total. The lowest BCUT2D eigenvalue weighted by Gasteiger charge is -2.09. The van der Waals surface area contributed by atoms with Gasteiger partial charge < -0.3 is 14.8 Å². The number of hydrogen-bond acceptors (Lipinski definition) is 8. The maximum absolute atomic E-state index is 13.5. The van der Waals surface area contributed by atoms with E-state index in [-0.39, 0.29) is 45.6 Å². The van der Waals surface area contributed by atoms with Gasteiger partial charge in [-0.2, -0.15) is 18.3 Å². The van der Waals surface area contributed by atoms with Crippen LogP contribution in [0.4, 0.5) is 18.2 Å². The molecule has 0 aliphatic heterocycles. The Balaban J connectivity index is 2.09. The molecular formula is C20H18ClF3N4O5S. The molecule has 1 amide bonds. The summed E-state index contributed by atoms with van der Waals surface area (Å²) in [5.74, 6) is -2.53. The number of anilines is 1. The van der Waals surface area contributed by atoms with E-state index in [4.69, 9.17) is 21.1 Å². The molecule has 0 spiro atoms. The number of ether oxygens (including phenoxy) is 2. The van der Waals surface area contributed by atoms with Crippen LogP contribution < -0.4 is 5.32 Å². The lowest BCUT2D eigenvalue weighted by Crippen LogP contribution is -2.17. The summed E-state index contributed by atoms with van der Waals surface area (Å²) in [6.45, 7) is 6.11. The number of esters is 2. The van der Waals surface area contributed by atoms with Crippen molar-refractivity contribution in [2.24, 2.45) is 0 Å². The highest BCUT2D eigenvalue weighted by atomic mass is 35.5. The largest absolute Gasteiger partial charge is 0.462 e. The number of carbonyl (C=O) groups excluding carboxylic acids is 3. The van der Waals surface area contributed by atoms with Crippen molar-refractivity contribution in [1.82, 2.24) is 14.6 Å². The molecule has 0 unspecified atom stereocenters. The molecule has 0 bridgehead atoms. The molecule has 3 rings (SSSR count). The van der Waals surface area contributed by atoms with Gasteiger partial charge >= 0.3 is 18.1 Å². The van der Waals surface area contributed by atoms with Gasteiger partial charge in [0.1, 0.15) is 20.6 Å². The van der Waals surface area contributed by atoms with E-state index >= 15 is 0 Å². The number of hydrogen-bond donors (Lipinski definition) is 1. The summed E-state index contributed by atoms with van der Waals surface area (Å²) in [6.07, 6.45) is -4.79. The Morgan fingerprint density at radius 2 is 1.76 bits per heavy atom. The number of fused-ring (bicyclic) bond motifs is 1. The molecule has 0 aliphatic rings. The molecule has 182 valence electrons. The number of rotatable bonds is 6. The number of thiophene rings is 1. The Morgan fingerprint density at radius 1 is 1.15 bits per heavy atom. The fourth-order valence-corrected chi connectivity index (χ4v) is 4.39. The highest BCUT2D eigenvalue weighted by Gasteiger charge is 2.36. The van der Waals surface area contributed by atoms with Crippen LogP contribution in [0.2, 0.25) is 5.02 Å². The van der Waals surface area contributed by atoms with Gasteiger partial charge in [-0.15, -0.1) is 11.3 Å². The second-order valence-corrected chi connectivity index (χ2v) is 8.23. The molecule has 0 fully saturated rings. The van der Waals surface area contributed by atoms with E-state index in [0.717, 1.165) is 17.4 Å². The molecule has 0 saturated heterocycles. The van der Waals surface area contributed by atoms with Gasteiger partial charge in [0.25, 0.3) is 5.91 Å². The Morgan fingerprint density at radius 3 is 2.35 bits per heavy atom. The molecule has 34 heavy (non-hydrogen) atoms. The minimum Gasteiger partial charge on any atom is -0.462 e. The maximum atomic E-state index is 13.5. The molecule has 14 heteroatoms. The van der Waals surface area contributed by atoms with Gasteiger partial charge in [0.15, 0.2) is 11.3 Å². The third-order valence-corrected chi connectivity index (χ3v) is 6.02. The third-order valence-electron chi connectivity index (χ3n) is 4.48. The normalized spacial score (nSPS) is 11.5. The lowest BCUT2D eigenvalue weighted by molar-refractivity contribution is -0.142. The Hall–Kier alpha value is -3.19. The minimum absolute atomic E-state index is 0.0196. The molecule has 0 saturated carbocycles. The number of alkyl halides is 3. The van der Waals surface area contributed by atoms with Crippen LogP contribution in [0.25, 0.3) is 5.65 Å². The summed E-state index contributed by atoms with van der Waals surface area (Å²) in [5, 5.41) is 5.62.